The predicted octanol–water partition coefficient (Wildman–Crippen LogP) is 2.27. The van der Waals surface area contributed by atoms with E-state index in [0.29, 0.717) is 6.61 Å². The zero-order valence-corrected chi connectivity index (χ0v) is 9.98. The molecule has 1 aliphatic rings. The molecule has 1 aromatic heterocycles. The standard InChI is InChI=1S/C11H14BrNO2/c12-11-6-1-3-8(13-11)7-15-10-5-2-4-9(10)14/h1,3,6,9-10,14H,2,4-5,7H2/t9-,10-/m1/s1. The summed E-state index contributed by atoms with van der Waals surface area (Å²) >= 11 is 3.31. The van der Waals surface area contributed by atoms with Crippen molar-refractivity contribution in [2.45, 2.75) is 38.1 Å². The Morgan fingerprint density at radius 3 is 3.00 bits per heavy atom. The lowest BCUT2D eigenvalue weighted by Gasteiger charge is -2.15. The normalized spacial score (nSPS) is 25.7. The largest absolute Gasteiger partial charge is 0.390 e. The van der Waals surface area contributed by atoms with Gasteiger partial charge in [-0.15, -0.1) is 0 Å². The molecule has 0 amide bonds. The lowest BCUT2D eigenvalue weighted by atomic mass is 10.2. The number of nitrogens with zero attached hydrogens (tertiary/aromatic N) is 1. The zero-order chi connectivity index (χ0) is 10.7. The molecule has 1 N–H and O–H groups in total. The van der Waals surface area contributed by atoms with Gasteiger partial charge in [0.05, 0.1) is 24.5 Å². The van der Waals surface area contributed by atoms with Crippen LogP contribution in [0.25, 0.3) is 0 Å². The van der Waals surface area contributed by atoms with Crippen LogP contribution in [-0.4, -0.2) is 22.3 Å². The minimum atomic E-state index is -0.294. The van der Waals surface area contributed by atoms with E-state index >= 15 is 0 Å². The van der Waals surface area contributed by atoms with Crippen LogP contribution >= 0.6 is 15.9 Å². The van der Waals surface area contributed by atoms with Gasteiger partial charge in [-0.3, -0.25) is 0 Å². The fourth-order valence-electron chi connectivity index (χ4n) is 1.82. The highest BCUT2D eigenvalue weighted by molar-refractivity contribution is 9.10. The summed E-state index contributed by atoms with van der Waals surface area (Å²) in [5.74, 6) is 0. The van der Waals surface area contributed by atoms with Gasteiger partial charge in [0.25, 0.3) is 0 Å². The van der Waals surface area contributed by atoms with Gasteiger partial charge in [0.15, 0.2) is 0 Å². The summed E-state index contributed by atoms with van der Waals surface area (Å²) in [6.07, 6.45) is 2.56. The highest BCUT2D eigenvalue weighted by atomic mass is 79.9. The van der Waals surface area contributed by atoms with E-state index in [9.17, 15) is 5.11 Å². The first-order valence-electron chi connectivity index (χ1n) is 5.17. The number of aliphatic hydroxyl groups is 1. The molecule has 0 radical (unpaired) electrons. The first kappa shape index (κ1) is 11.0. The molecule has 1 heterocycles. The van der Waals surface area contributed by atoms with Gasteiger partial charge in [-0.25, -0.2) is 4.98 Å². The van der Waals surface area contributed by atoms with Crippen LogP contribution in [0, 0.1) is 0 Å². The molecule has 2 atom stereocenters. The number of aliphatic hydroxyl groups excluding tert-OH is 1. The molecule has 0 spiro atoms. The maximum atomic E-state index is 9.57. The topological polar surface area (TPSA) is 42.4 Å². The summed E-state index contributed by atoms with van der Waals surface area (Å²) in [7, 11) is 0. The molecule has 1 fully saturated rings. The highest BCUT2D eigenvalue weighted by Crippen LogP contribution is 2.22. The lowest BCUT2D eigenvalue weighted by Crippen LogP contribution is -2.22. The van der Waals surface area contributed by atoms with Crippen molar-refractivity contribution in [3.63, 3.8) is 0 Å². The average molecular weight is 272 g/mol. The molecule has 0 saturated heterocycles. The van der Waals surface area contributed by atoms with E-state index in [-0.39, 0.29) is 12.2 Å². The molecular weight excluding hydrogens is 258 g/mol. The molecule has 1 aliphatic carbocycles. The molecule has 1 saturated carbocycles. The lowest BCUT2D eigenvalue weighted by molar-refractivity contribution is -0.0284. The summed E-state index contributed by atoms with van der Waals surface area (Å²) < 4.78 is 6.44. The Morgan fingerprint density at radius 2 is 2.33 bits per heavy atom. The summed E-state index contributed by atoms with van der Waals surface area (Å²) in [5.41, 5.74) is 0.892. The van der Waals surface area contributed by atoms with Gasteiger partial charge in [-0.1, -0.05) is 6.07 Å². The number of rotatable bonds is 3. The number of pyridine rings is 1. The first-order chi connectivity index (χ1) is 7.25. The third kappa shape index (κ3) is 3.00. The number of aromatic nitrogens is 1. The van der Waals surface area contributed by atoms with Crippen molar-refractivity contribution in [3.8, 4) is 0 Å². The fraction of sp³-hybridized carbons (Fsp3) is 0.545. The number of hydrogen-bond donors (Lipinski definition) is 1. The monoisotopic (exact) mass is 271 g/mol. The second-order valence-corrected chi connectivity index (χ2v) is 4.61. The van der Waals surface area contributed by atoms with Gasteiger partial charge in [0.2, 0.25) is 0 Å². The van der Waals surface area contributed by atoms with Crippen LogP contribution in [-0.2, 0) is 11.3 Å². The molecule has 82 valence electrons. The van der Waals surface area contributed by atoms with E-state index in [2.05, 4.69) is 20.9 Å². The van der Waals surface area contributed by atoms with E-state index in [1.54, 1.807) is 0 Å². The van der Waals surface area contributed by atoms with Crippen LogP contribution in [0.3, 0.4) is 0 Å². The Hall–Kier alpha value is -0.450. The van der Waals surface area contributed by atoms with Crippen molar-refractivity contribution < 1.29 is 9.84 Å². The third-order valence-electron chi connectivity index (χ3n) is 2.64. The summed E-state index contributed by atoms with van der Waals surface area (Å²) in [6, 6.07) is 5.74. The average Bonchev–Trinajstić information content (AvgIpc) is 2.61. The van der Waals surface area contributed by atoms with Crippen LogP contribution in [0.5, 0.6) is 0 Å². The van der Waals surface area contributed by atoms with Crippen LogP contribution in [0.2, 0.25) is 0 Å². The molecule has 0 aliphatic heterocycles. The maximum absolute atomic E-state index is 9.57. The molecule has 3 nitrogen and oxygen atoms in total. The number of hydrogen-bond acceptors (Lipinski definition) is 3. The summed E-state index contributed by atoms with van der Waals surface area (Å²) in [4.78, 5) is 4.27. The van der Waals surface area contributed by atoms with Crippen LogP contribution in [0.15, 0.2) is 22.8 Å². The molecule has 0 aromatic carbocycles. The molecule has 15 heavy (non-hydrogen) atoms. The Kier molecular flexibility index (Phi) is 3.72. The third-order valence-corrected chi connectivity index (χ3v) is 3.08. The van der Waals surface area contributed by atoms with Crippen molar-refractivity contribution in [1.29, 1.82) is 0 Å². The van der Waals surface area contributed by atoms with Crippen molar-refractivity contribution in [3.05, 3.63) is 28.5 Å². The minimum Gasteiger partial charge on any atom is -0.390 e. The van der Waals surface area contributed by atoms with E-state index in [4.69, 9.17) is 4.74 Å². The number of halogens is 1. The summed E-state index contributed by atoms with van der Waals surface area (Å²) in [6.45, 7) is 0.473. The minimum absolute atomic E-state index is 0.00854. The highest BCUT2D eigenvalue weighted by Gasteiger charge is 2.25. The van der Waals surface area contributed by atoms with Crippen molar-refractivity contribution in [1.82, 2.24) is 4.98 Å². The van der Waals surface area contributed by atoms with Crippen LogP contribution < -0.4 is 0 Å². The predicted molar refractivity (Wildman–Crippen MR) is 60.4 cm³/mol. The van der Waals surface area contributed by atoms with Crippen molar-refractivity contribution >= 4 is 15.9 Å². The molecule has 4 heteroatoms. The second-order valence-electron chi connectivity index (χ2n) is 3.80. The second kappa shape index (κ2) is 5.05. The Balaban J connectivity index is 1.87. The molecular formula is C11H14BrNO2. The first-order valence-corrected chi connectivity index (χ1v) is 5.96. The van der Waals surface area contributed by atoms with Gasteiger partial charge in [-0.05, 0) is 47.3 Å². The van der Waals surface area contributed by atoms with Crippen molar-refractivity contribution in [2.24, 2.45) is 0 Å². The van der Waals surface area contributed by atoms with Gasteiger partial charge in [0, 0.05) is 0 Å². The summed E-state index contributed by atoms with van der Waals surface area (Å²) in [5, 5.41) is 9.57. The van der Waals surface area contributed by atoms with Crippen molar-refractivity contribution in [2.75, 3.05) is 0 Å². The SMILES string of the molecule is O[C@@H]1CCC[C@H]1OCc1cccc(Br)n1. The Morgan fingerprint density at radius 1 is 1.47 bits per heavy atom. The van der Waals surface area contributed by atoms with Gasteiger partial charge in [0.1, 0.15) is 4.60 Å². The molecule has 0 bridgehead atoms. The van der Waals surface area contributed by atoms with E-state index in [1.165, 1.54) is 0 Å². The fourth-order valence-corrected chi connectivity index (χ4v) is 2.20. The quantitative estimate of drug-likeness (QED) is 0.858. The Labute approximate surface area is 97.6 Å². The van der Waals surface area contributed by atoms with E-state index in [0.717, 1.165) is 29.6 Å². The molecule has 0 unspecified atom stereocenters. The number of ether oxygens (including phenoxy) is 1. The van der Waals surface area contributed by atoms with Gasteiger partial charge in [-0.2, -0.15) is 0 Å². The zero-order valence-electron chi connectivity index (χ0n) is 8.40. The Bertz CT molecular complexity index is 332. The molecule has 2 rings (SSSR count). The maximum Gasteiger partial charge on any atom is 0.106 e. The van der Waals surface area contributed by atoms with Gasteiger partial charge < -0.3 is 9.84 Å². The van der Waals surface area contributed by atoms with Crippen LogP contribution in [0.1, 0.15) is 25.0 Å². The van der Waals surface area contributed by atoms with Gasteiger partial charge >= 0.3 is 0 Å². The molecule has 1 aromatic rings. The van der Waals surface area contributed by atoms with E-state index < -0.39 is 0 Å². The smallest absolute Gasteiger partial charge is 0.106 e. The van der Waals surface area contributed by atoms with E-state index in [1.807, 2.05) is 18.2 Å². The van der Waals surface area contributed by atoms with Crippen LogP contribution in [0.4, 0.5) is 0 Å².